The van der Waals surface area contributed by atoms with E-state index in [0.717, 1.165) is 56.0 Å². The highest BCUT2D eigenvalue weighted by atomic mass is 79.9. The van der Waals surface area contributed by atoms with Gasteiger partial charge in [0.05, 0.1) is 6.54 Å². The van der Waals surface area contributed by atoms with Gasteiger partial charge in [-0.1, -0.05) is 0 Å². The van der Waals surface area contributed by atoms with Gasteiger partial charge < -0.3 is 19.9 Å². The van der Waals surface area contributed by atoms with Gasteiger partial charge in [-0.15, -0.1) is 11.3 Å². The molecule has 6 nitrogen and oxygen atoms in total. The van der Waals surface area contributed by atoms with Crippen molar-refractivity contribution in [2.75, 3.05) is 39.3 Å². The van der Waals surface area contributed by atoms with Crippen LogP contribution in [-0.2, 0) is 16.1 Å². The van der Waals surface area contributed by atoms with Gasteiger partial charge in [-0.25, -0.2) is 4.99 Å². The second kappa shape index (κ2) is 9.00. The summed E-state index contributed by atoms with van der Waals surface area (Å²) in [6, 6.07) is 2.11. The summed E-state index contributed by atoms with van der Waals surface area (Å²) in [4.78, 5) is 22.6. The Morgan fingerprint density at radius 1 is 1.40 bits per heavy atom. The molecule has 8 heteroatoms. The molecule has 1 amide bonds. The number of carbonyl (C=O) groups excluding carboxylic acids is 1. The SMILES string of the molecule is CCNC(=NCc1cc(Br)cs1)N1CCN(C(=O)C2CCCO2)CC1. The van der Waals surface area contributed by atoms with E-state index in [1.54, 1.807) is 11.3 Å². The highest BCUT2D eigenvalue weighted by molar-refractivity contribution is 9.10. The maximum Gasteiger partial charge on any atom is 0.251 e. The van der Waals surface area contributed by atoms with Crippen molar-refractivity contribution >= 4 is 39.1 Å². The van der Waals surface area contributed by atoms with E-state index in [2.05, 4.69) is 44.5 Å². The molecule has 2 aliphatic rings. The third-order valence-corrected chi connectivity index (χ3v) is 6.12. The van der Waals surface area contributed by atoms with Crippen LogP contribution in [0.1, 0.15) is 24.6 Å². The molecule has 0 aliphatic carbocycles. The summed E-state index contributed by atoms with van der Waals surface area (Å²) in [5.41, 5.74) is 0. The Labute approximate surface area is 161 Å². The summed E-state index contributed by atoms with van der Waals surface area (Å²) in [5, 5.41) is 5.45. The number of hydrogen-bond donors (Lipinski definition) is 1. The number of carbonyl (C=O) groups is 1. The Morgan fingerprint density at radius 2 is 2.16 bits per heavy atom. The minimum atomic E-state index is -0.217. The van der Waals surface area contributed by atoms with Crippen LogP contribution in [0.5, 0.6) is 0 Å². The quantitative estimate of drug-likeness (QED) is 0.590. The molecular formula is C17H25BrN4O2S. The van der Waals surface area contributed by atoms with Gasteiger partial charge in [0.2, 0.25) is 0 Å². The van der Waals surface area contributed by atoms with E-state index in [4.69, 9.17) is 9.73 Å². The van der Waals surface area contributed by atoms with Crippen molar-refractivity contribution in [1.82, 2.24) is 15.1 Å². The van der Waals surface area contributed by atoms with Crippen LogP contribution in [0, 0.1) is 0 Å². The number of guanidine groups is 1. The maximum absolute atomic E-state index is 12.4. The first-order valence-electron chi connectivity index (χ1n) is 8.84. The summed E-state index contributed by atoms with van der Waals surface area (Å²) < 4.78 is 6.63. The molecule has 2 fully saturated rings. The van der Waals surface area contributed by atoms with E-state index in [1.807, 2.05) is 4.90 Å². The number of halogens is 1. The lowest BCUT2D eigenvalue weighted by atomic mass is 10.2. The monoisotopic (exact) mass is 428 g/mol. The average molecular weight is 429 g/mol. The topological polar surface area (TPSA) is 57.2 Å². The van der Waals surface area contributed by atoms with Gasteiger partial charge >= 0.3 is 0 Å². The van der Waals surface area contributed by atoms with Gasteiger partial charge in [-0.2, -0.15) is 0 Å². The second-order valence-corrected chi connectivity index (χ2v) is 8.13. The van der Waals surface area contributed by atoms with Crippen LogP contribution in [0.25, 0.3) is 0 Å². The van der Waals surface area contributed by atoms with Crippen LogP contribution < -0.4 is 5.32 Å². The molecular weight excluding hydrogens is 404 g/mol. The van der Waals surface area contributed by atoms with Crippen molar-refractivity contribution in [3.05, 3.63) is 20.8 Å². The molecule has 2 aliphatic heterocycles. The highest BCUT2D eigenvalue weighted by Gasteiger charge is 2.30. The Bertz CT molecular complexity index is 608. The average Bonchev–Trinajstić information content (AvgIpc) is 3.30. The molecule has 3 rings (SSSR count). The fourth-order valence-corrected chi connectivity index (χ4v) is 4.50. The van der Waals surface area contributed by atoms with Crippen LogP contribution in [0.4, 0.5) is 0 Å². The summed E-state index contributed by atoms with van der Waals surface area (Å²) in [6.07, 6.45) is 1.64. The van der Waals surface area contributed by atoms with Crippen LogP contribution in [0.3, 0.4) is 0 Å². The van der Waals surface area contributed by atoms with Gasteiger partial charge in [0, 0.05) is 54.1 Å². The maximum atomic E-state index is 12.4. The first-order valence-corrected chi connectivity index (χ1v) is 10.5. The normalized spacial score (nSPS) is 21.7. The first kappa shape index (κ1) is 18.7. The Morgan fingerprint density at radius 3 is 2.76 bits per heavy atom. The van der Waals surface area contributed by atoms with Gasteiger partial charge in [-0.05, 0) is 41.8 Å². The van der Waals surface area contributed by atoms with E-state index >= 15 is 0 Å². The molecule has 138 valence electrons. The zero-order valence-electron chi connectivity index (χ0n) is 14.5. The molecule has 25 heavy (non-hydrogen) atoms. The number of hydrogen-bond acceptors (Lipinski definition) is 4. The number of rotatable bonds is 4. The van der Waals surface area contributed by atoms with Crippen molar-refractivity contribution in [3.8, 4) is 0 Å². The molecule has 0 bridgehead atoms. The minimum absolute atomic E-state index is 0.155. The largest absolute Gasteiger partial charge is 0.368 e. The zero-order chi connectivity index (χ0) is 17.6. The lowest BCUT2D eigenvalue weighted by Gasteiger charge is -2.37. The predicted octanol–water partition coefficient (Wildman–Crippen LogP) is 2.30. The minimum Gasteiger partial charge on any atom is -0.368 e. The van der Waals surface area contributed by atoms with Crippen LogP contribution >= 0.6 is 27.3 Å². The van der Waals surface area contributed by atoms with Gasteiger partial charge in [0.1, 0.15) is 6.10 Å². The lowest BCUT2D eigenvalue weighted by Crippen LogP contribution is -2.55. The van der Waals surface area contributed by atoms with Crippen molar-refractivity contribution in [2.24, 2.45) is 4.99 Å². The molecule has 1 aromatic heterocycles. The molecule has 0 saturated carbocycles. The van der Waals surface area contributed by atoms with E-state index in [9.17, 15) is 4.79 Å². The first-order chi connectivity index (χ1) is 12.2. The van der Waals surface area contributed by atoms with Crippen molar-refractivity contribution in [2.45, 2.75) is 32.4 Å². The number of thiophene rings is 1. The van der Waals surface area contributed by atoms with Gasteiger partial charge in [-0.3, -0.25) is 4.79 Å². The summed E-state index contributed by atoms with van der Waals surface area (Å²) in [6.45, 7) is 7.37. The molecule has 0 aromatic carbocycles. The van der Waals surface area contributed by atoms with E-state index in [1.165, 1.54) is 4.88 Å². The van der Waals surface area contributed by atoms with Crippen molar-refractivity contribution in [1.29, 1.82) is 0 Å². The molecule has 1 N–H and O–H groups in total. The van der Waals surface area contributed by atoms with Gasteiger partial charge in [0.15, 0.2) is 5.96 Å². The van der Waals surface area contributed by atoms with Gasteiger partial charge in [0.25, 0.3) is 5.91 Å². The smallest absolute Gasteiger partial charge is 0.251 e. The third-order valence-electron chi connectivity index (χ3n) is 4.44. The molecule has 1 atom stereocenters. The van der Waals surface area contributed by atoms with E-state index < -0.39 is 0 Å². The number of aliphatic imine (C=N–C) groups is 1. The summed E-state index contributed by atoms with van der Waals surface area (Å²) in [7, 11) is 0. The predicted molar refractivity (Wildman–Crippen MR) is 104 cm³/mol. The number of amides is 1. The van der Waals surface area contributed by atoms with Crippen molar-refractivity contribution < 1.29 is 9.53 Å². The number of ether oxygens (including phenoxy) is 1. The van der Waals surface area contributed by atoms with Crippen LogP contribution in [0.15, 0.2) is 20.9 Å². The summed E-state index contributed by atoms with van der Waals surface area (Å²) >= 11 is 5.19. The van der Waals surface area contributed by atoms with Crippen molar-refractivity contribution in [3.63, 3.8) is 0 Å². The molecule has 0 radical (unpaired) electrons. The Hall–Kier alpha value is -1.12. The third kappa shape index (κ3) is 4.95. The zero-order valence-corrected chi connectivity index (χ0v) is 16.9. The number of nitrogens with zero attached hydrogens (tertiary/aromatic N) is 3. The van der Waals surface area contributed by atoms with Crippen LogP contribution in [-0.4, -0.2) is 67.1 Å². The fourth-order valence-electron chi connectivity index (χ4n) is 3.13. The van der Waals surface area contributed by atoms with Crippen LogP contribution in [0.2, 0.25) is 0 Å². The van der Waals surface area contributed by atoms with E-state index in [0.29, 0.717) is 13.2 Å². The second-order valence-electron chi connectivity index (χ2n) is 6.22. The standard InChI is InChI=1S/C17H25BrN4O2S/c1-2-19-17(20-11-14-10-13(18)12-25-14)22-7-5-21(6-8-22)16(23)15-4-3-9-24-15/h10,12,15H,2-9,11H2,1H3,(H,19,20). The molecule has 0 spiro atoms. The summed E-state index contributed by atoms with van der Waals surface area (Å²) in [5.74, 6) is 1.08. The molecule has 1 unspecified atom stereocenters. The number of piperazine rings is 1. The highest BCUT2D eigenvalue weighted by Crippen LogP contribution is 2.20. The molecule has 2 saturated heterocycles. The Balaban J connectivity index is 1.55. The fraction of sp³-hybridized carbons (Fsp3) is 0.647. The Kier molecular flexibility index (Phi) is 6.72. The lowest BCUT2D eigenvalue weighted by molar-refractivity contribution is -0.142. The van der Waals surface area contributed by atoms with E-state index in [-0.39, 0.29) is 12.0 Å². The number of nitrogens with one attached hydrogen (secondary N) is 1. The molecule has 1 aromatic rings. The molecule has 3 heterocycles.